The second-order valence-electron chi connectivity index (χ2n) is 9.02. The quantitative estimate of drug-likeness (QED) is 0.784. The Bertz CT molecular complexity index is 774. The van der Waals surface area contributed by atoms with Crippen molar-refractivity contribution >= 4 is 10.0 Å². The molecule has 152 valence electrons. The molecular formula is C19H31N3O4S. The minimum Gasteiger partial charge on any atom is -0.347 e. The summed E-state index contributed by atoms with van der Waals surface area (Å²) in [4.78, 5) is 0.367. The summed E-state index contributed by atoms with van der Waals surface area (Å²) in [6.07, 6.45) is 7.45. The first-order valence-corrected chi connectivity index (χ1v) is 11.5. The van der Waals surface area contributed by atoms with Crippen LogP contribution in [0.25, 0.3) is 0 Å². The van der Waals surface area contributed by atoms with Gasteiger partial charge in [-0.1, -0.05) is 33.6 Å². The first-order valence-electron chi connectivity index (χ1n) is 10.1. The molecule has 0 N–H and O–H groups in total. The highest BCUT2D eigenvalue weighted by atomic mass is 32.2. The Morgan fingerprint density at radius 2 is 1.70 bits per heavy atom. The largest absolute Gasteiger partial charge is 0.347 e. The maximum Gasteiger partial charge on any atom is 0.246 e. The van der Waals surface area contributed by atoms with Gasteiger partial charge in [0.1, 0.15) is 4.90 Å². The monoisotopic (exact) mass is 397 g/mol. The molecule has 1 spiro atoms. The molecule has 0 atom stereocenters. The van der Waals surface area contributed by atoms with Crippen molar-refractivity contribution in [2.45, 2.75) is 81.4 Å². The van der Waals surface area contributed by atoms with Gasteiger partial charge in [-0.25, -0.2) is 8.42 Å². The normalized spacial score (nSPS) is 24.9. The molecule has 27 heavy (non-hydrogen) atoms. The fourth-order valence-electron chi connectivity index (χ4n) is 4.43. The lowest BCUT2D eigenvalue weighted by Crippen LogP contribution is -2.47. The van der Waals surface area contributed by atoms with Crippen molar-refractivity contribution in [2.75, 3.05) is 26.3 Å². The third-order valence-electron chi connectivity index (χ3n) is 6.02. The standard InChI is InChI=1S/C19H31N3O4S/c1-18(2,3)17-16(14-22(20-17)15-6-4-5-7-15)27(23,24)21-10-8-19(9-11-21)25-12-13-26-19/h14-15H,4-13H2,1-3H3. The van der Waals surface area contributed by atoms with E-state index in [0.29, 0.717) is 55.8 Å². The average molecular weight is 398 g/mol. The average Bonchev–Trinajstić information content (AvgIpc) is 3.35. The molecule has 0 amide bonds. The summed E-state index contributed by atoms with van der Waals surface area (Å²) < 4.78 is 41.9. The molecule has 7 nitrogen and oxygen atoms in total. The Hall–Kier alpha value is -0.960. The van der Waals surface area contributed by atoms with Crippen LogP contribution >= 0.6 is 0 Å². The molecule has 0 unspecified atom stereocenters. The maximum absolute atomic E-state index is 13.5. The fourth-order valence-corrected chi connectivity index (χ4v) is 6.21. The number of sulfonamides is 1. The number of hydrogen-bond donors (Lipinski definition) is 0. The number of aromatic nitrogens is 2. The second kappa shape index (κ2) is 6.83. The summed E-state index contributed by atoms with van der Waals surface area (Å²) in [5.41, 5.74) is 0.337. The van der Waals surface area contributed by atoms with E-state index >= 15 is 0 Å². The zero-order valence-electron chi connectivity index (χ0n) is 16.6. The van der Waals surface area contributed by atoms with Crippen LogP contribution in [-0.4, -0.2) is 54.6 Å². The van der Waals surface area contributed by atoms with Gasteiger partial charge < -0.3 is 9.47 Å². The summed E-state index contributed by atoms with van der Waals surface area (Å²) in [5.74, 6) is -0.576. The molecule has 3 aliphatic rings. The molecule has 2 aliphatic heterocycles. The van der Waals surface area contributed by atoms with Gasteiger partial charge in [0.25, 0.3) is 0 Å². The van der Waals surface area contributed by atoms with Crippen LogP contribution in [0.4, 0.5) is 0 Å². The van der Waals surface area contributed by atoms with Gasteiger partial charge in [-0.2, -0.15) is 9.40 Å². The van der Waals surface area contributed by atoms with Gasteiger partial charge in [0.15, 0.2) is 5.79 Å². The van der Waals surface area contributed by atoms with E-state index in [1.165, 1.54) is 12.8 Å². The third kappa shape index (κ3) is 3.57. The molecule has 1 aromatic heterocycles. The first kappa shape index (κ1) is 19.4. The maximum atomic E-state index is 13.5. The molecule has 3 fully saturated rings. The van der Waals surface area contributed by atoms with Crippen LogP contribution < -0.4 is 0 Å². The minimum absolute atomic E-state index is 0.319. The van der Waals surface area contributed by atoms with Crippen LogP contribution in [0.5, 0.6) is 0 Å². The topological polar surface area (TPSA) is 73.7 Å². The predicted molar refractivity (Wildman–Crippen MR) is 101 cm³/mol. The number of hydrogen-bond acceptors (Lipinski definition) is 5. The summed E-state index contributed by atoms with van der Waals surface area (Å²) in [6.45, 7) is 8.10. The van der Waals surface area contributed by atoms with Gasteiger partial charge in [-0.15, -0.1) is 0 Å². The Morgan fingerprint density at radius 3 is 2.26 bits per heavy atom. The van der Waals surface area contributed by atoms with Crippen molar-refractivity contribution in [1.29, 1.82) is 0 Å². The van der Waals surface area contributed by atoms with Gasteiger partial charge in [-0.05, 0) is 12.8 Å². The van der Waals surface area contributed by atoms with Crippen LogP contribution in [0, 0.1) is 0 Å². The fraction of sp³-hybridized carbons (Fsp3) is 0.842. The van der Waals surface area contributed by atoms with Crippen molar-refractivity contribution in [2.24, 2.45) is 0 Å². The summed E-state index contributed by atoms with van der Waals surface area (Å²) in [7, 11) is -3.59. The predicted octanol–water partition coefficient (Wildman–Crippen LogP) is 2.82. The van der Waals surface area contributed by atoms with E-state index in [4.69, 9.17) is 14.6 Å². The van der Waals surface area contributed by atoms with Crippen LogP contribution in [0.15, 0.2) is 11.1 Å². The lowest BCUT2D eigenvalue weighted by molar-refractivity contribution is -0.179. The zero-order valence-corrected chi connectivity index (χ0v) is 17.4. The molecule has 4 rings (SSSR count). The molecule has 3 heterocycles. The van der Waals surface area contributed by atoms with E-state index in [2.05, 4.69) is 0 Å². The van der Waals surface area contributed by atoms with Gasteiger partial charge >= 0.3 is 0 Å². The number of piperidine rings is 1. The summed E-state index contributed by atoms with van der Waals surface area (Å²) in [6, 6.07) is 0.319. The van der Waals surface area contributed by atoms with Gasteiger partial charge in [0, 0.05) is 37.5 Å². The Morgan fingerprint density at radius 1 is 1.11 bits per heavy atom. The molecule has 1 aliphatic carbocycles. The first-order chi connectivity index (χ1) is 12.7. The Kier molecular flexibility index (Phi) is 4.90. The third-order valence-corrected chi connectivity index (χ3v) is 7.92. The SMILES string of the molecule is CC(C)(C)c1nn(C2CCCC2)cc1S(=O)(=O)N1CCC2(CC1)OCCO2. The van der Waals surface area contributed by atoms with Crippen molar-refractivity contribution in [1.82, 2.24) is 14.1 Å². The molecule has 0 bridgehead atoms. The molecular weight excluding hydrogens is 366 g/mol. The minimum atomic E-state index is -3.59. The van der Waals surface area contributed by atoms with Crippen molar-refractivity contribution < 1.29 is 17.9 Å². The smallest absolute Gasteiger partial charge is 0.246 e. The molecule has 0 aromatic carbocycles. The van der Waals surface area contributed by atoms with Gasteiger partial charge in [-0.3, -0.25) is 4.68 Å². The van der Waals surface area contributed by atoms with E-state index < -0.39 is 15.8 Å². The van der Waals surface area contributed by atoms with Gasteiger partial charge in [0.05, 0.1) is 24.9 Å². The van der Waals surface area contributed by atoms with E-state index in [0.717, 1.165) is 12.8 Å². The highest BCUT2D eigenvalue weighted by molar-refractivity contribution is 7.89. The molecule has 8 heteroatoms. The van der Waals surface area contributed by atoms with E-state index in [9.17, 15) is 8.42 Å². The highest BCUT2D eigenvalue weighted by Gasteiger charge is 2.44. The molecule has 0 radical (unpaired) electrons. The van der Waals surface area contributed by atoms with E-state index in [-0.39, 0.29) is 5.41 Å². The van der Waals surface area contributed by atoms with Crippen LogP contribution in [0.1, 0.15) is 71.0 Å². The highest BCUT2D eigenvalue weighted by Crippen LogP contribution is 2.37. The number of rotatable bonds is 3. The number of nitrogens with zero attached hydrogens (tertiary/aromatic N) is 3. The van der Waals surface area contributed by atoms with Crippen molar-refractivity contribution in [3.8, 4) is 0 Å². The Labute approximate surface area is 162 Å². The number of ether oxygens (including phenoxy) is 2. The van der Waals surface area contributed by atoms with Crippen LogP contribution in [0.3, 0.4) is 0 Å². The zero-order chi connectivity index (χ0) is 19.3. The van der Waals surface area contributed by atoms with Crippen LogP contribution in [-0.2, 0) is 24.9 Å². The summed E-state index contributed by atoms with van der Waals surface area (Å²) in [5, 5.41) is 4.76. The lowest BCUT2D eigenvalue weighted by Gasteiger charge is -2.37. The summed E-state index contributed by atoms with van der Waals surface area (Å²) >= 11 is 0. The molecule has 1 saturated carbocycles. The molecule has 1 aromatic rings. The van der Waals surface area contributed by atoms with Crippen molar-refractivity contribution in [3.63, 3.8) is 0 Å². The van der Waals surface area contributed by atoms with Crippen LogP contribution in [0.2, 0.25) is 0 Å². The molecule has 2 saturated heterocycles. The van der Waals surface area contributed by atoms with E-state index in [1.807, 2.05) is 25.5 Å². The second-order valence-corrected chi connectivity index (χ2v) is 10.9. The van der Waals surface area contributed by atoms with Gasteiger partial charge in [0.2, 0.25) is 10.0 Å². The van der Waals surface area contributed by atoms with Crippen molar-refractivity contribution in [3.05, 3.63) is 11.9 Å². The van der Waals surface area contributed by atoms with E-state index in [1.54, 1.807) is 10.5 Å². The lowest BCUT2D eigenvalue weighted by atomic mass is 9.92. The Balaban J connectivity index is 1.62.